The molecule has 0 aliphatic rings. The van der Waals surface area contributed by atoms with Crippen molar-refractivity contribution in [3.05, 3.63) is 303 Å². The molecule has 0 atom stereocenters. The molecule has 0 unspecified atom stereocenters. The summed E-state index contributed by atoms with van der Waals surface area (Å²) in [5.41, 5.74) is 17.3. The molecule has 8 heterocycles. The van der Waals surface area contributed by atoms with Crippen molar-refractivity contribution in [1.82, 2.24) is 49.0 Å². The van der Waals surface area contributed by atoms with E-state index in [4.69, 9.17) is 57.5 Å². The highest BCUT2D eigenvalue weighted by atomic mass is 16.4. The van der Waals surface area contributed by atoms with Crippen LogP contribution in [0, 0.1) is 0 Å². The molecule has 0 spiro atoms. The molecule has 0 N–H and O–H groups in total. The number of aromatic nitrogens is 10. The molecule has 21 aromatic rings. The first-order valence-electron chi connectivity index (χ1n) is 32.9. The molecular formula is C86H50N10O4. The maximum absolute atomic E-state index is 6.58. The van der Waals surface area contributed by atoms with Gasteiger partial charge in [-0.1, -0.05) is 206 Å². The Labute approximate surface area is 568 Å². The second-order valence-corrected chi connectivity index (χ2v) is 24.5. The Balaban J connectivity index is 0.000000136. The fourth-order valence-corrected chi connectivity index (χ4v) is 14.1. The number of benzene rings is 13. The third-order valence-corrected chi connectivity index (χ3v) is 18.6. The van der Waals surface area contributed by atoms with Gasteiger partial charge in [0.1, 0.15) is 33.4 Å². The Morgan fingerprint density at radius 2 is 0.610 bits per heavy atom. The summed E-state index contributed by atoms with van der Waals surface area (Å²) in [6.07, 6.45) is 0. The van der Waals surface area contributed by atoms with Crippen LogP contribution in [0.4, 0.5) is 0 Å². The predicted octanol–water partition coefficient (Wildman–Crippen LogP) is 21.7. The minimum atomic E-state index is 0.509. The van der Waals surface area contributed by atoms with E-state index in [1.165, 1.54) is 0 Å². The van der Waals surface area contributed by atoms with Gasteiger partial charge in [-0.15, -0.1) is 0 Å². The summed E-state index contributed by atoms with van der Waals surface area (Å²) in [5, 5.41) is 8.25. The summed E-state index contributed by atoms with van der Waals surface area (Å²) in [6.45, 7) is 0. The summed E-state index contributed by atoms with van der Waals surface area (Å²) in [7, 11) is 0. The van der Waals surface area contributed by atoms with Crippen LogP contribution in [0.5, 0.6) is 0 Å². The number of fused-ring (bicyclic) bond motifs is 14. The van der Waals surface area contributed by atoms with Crippen LogP contribution in [0.1, 0.15) is 0 Å². The molecule has 0 aliphatic heterocycles. The second-order valence-electron chi connectivity index (χ2n) is 24.5. The van der Waals surface area contributed by atoms with Gasteiger partial charge >= 0.3 is 0 Å². The molecule has 0 saturated carbocycles. The molecule has 100 heavy (non-hydrogen) atoms. The lowest BCUT2D eigenvalue weighted by Crippen LogP contribution is -2.06. The van der Waals surface area contributed by atoms with Crippen molar-refractivity contribution >= 4 is 110 Å². The fraction of sp³-hybridized carbons (Fsp3) is 0. The Hall–Kier alpha value is -14.0. The molecule has 0 bridgehead atoms. The molecule has 468 valence electrons. The van der Waals surface area contributed by atoms with Gasteiger partial charge in [0, 0.05) is 76.6 Å². The summed E-state index contributed by atoms with van der Waals surface area (Å²) >= 11 is 0. The number of hydrogen-bond acceptors (Lipinski definition) is 12. The van der Waals surface area contributed by atoms with E-state index in [1.807, 2.05) is 188 Å². The molecule has 0 fully saturated rings. The van der Waals surface area contributed by atoms with E-state index >= 15 is 0 Å². The number of nitrogens with zero attached hydrogens (tertiary/aromatic N) is 10. The van der Waals surface area contributed by atoms with Crippen molar-refractivity contribution in [3.63, 3.8) is 0 Å². The maximum Gasteiger partial charge on any atom is 0.238 e. The third-order valence-electron chi connectivity index (χ3n) is 18.6. The van der Waals surface area contributed by atoms with E-state index in [1.54, 1.807) is 0 Å². The van der Waals surface area contributed by atoms with Crippen molar-refractivity contribution < 1.29 is 17.7 Å². The summed E-state index contributed by atoms with van der Waals surface area (Å²) in [4.78, 5) is 40.3. The van der Waals surface area contributed by atoms with Crippen molar-refractivity contribution in [2.24, 2.45) is 0 Å². The van der Waals surface area contributed by atoms with Crippen LogP contribution in [-0.2, 0) is 0 Å². The third kappa shape index (κ3) is 9.26. The van der Waals surface area contributed by atoms with Gasteiger partial charge in [-0.25, -0.2) is 29.9 Å². The average molecular weight is 1290 g/mol. The number of rotatable bonds is 9. The van der Waals surface area contributed by atoms with E-state index in [0.29, 0.717) is 58.0 Å². The SMILES string of the molecule is c1ccc(-c2nc(-c3ccc4c(c3)c3ccccc3n4-c3ccccc3)nc(-c3cccc4oc5c(-c6nc7ccccc7o6)cccc5c34)n2)cc1.c1ccc(-c2nc(-c3cccc4oc5c(-c6nc7ccccc7o6)cccc5c34)nc(-n3c4ccccc4c4ccccc43)n2)cc1. The Morgan fingerprint density at radius 3 is 1.15 bits per heavy atom. The average Bonchev–Trinajstić information content (AvgIpc) is 1.58. The minimum absolute atomic E-state index is 0.509. The molecule has 14 heteroatoms. The quantitative estimate of drug-likeness (QED) is 0.134. The van der Waals surface area contributed by atoms with Crippen LogP contribution in [-0.4, -0.2) is 49.0 Å². The fourth-order valence-electron chi connectivity index (χ4n) is 14.1. The van der Waals surface area contributed by atoms with Crippen molar-refractivity contribution in [3.8, 4) is 91.5 Å². The van der Waals surface area contributed by atoms with Gasteiger partial charge in [0.05, 0.1) is 33.2 Å². The molecule has 0 radical (unpaired) electrons. The lowest BCUT2D eigenvalue weighted by molar-refractivity contribution is 0.614. The number of furan rings is 2. The summed E-state index contributed by atoms with van der Waals surface area (Å²) < 4.78 is 29.9. The molecule has 14 nitrogen and oxygen atoms in total. The Kier molecular flexibility index (Phi) is 12.9. The van der Waals surface area contributed by atoms with Crippen LogP contribution in [0.3, 0.4) is 0 Å². The highest BCUT2D eigenvalue weighted by molar-refractivity contribution is 6.17. The molecule has 21 rings (SSSR count). The number of para-hydroxylation sites is 10. The first kappa shape index (κ1) is 56.4. The van der Waals surface area contributed by atoms with Gasteiger partial charge in [0.2, 0.25) is 17.7 Å². The topological polar surface area (TPSA) is 166 Å². The largest absolute Gasteiger partial charge is 0.455 e. The molecular weight excluding hydrogens is 1240 g/mol. The van der Waals surface area contributed by atoms with Crippen LogP contribution < -0.4 is 0 Å². The van der Waals surface area contributed by atoms with E-state index in [0.717, 1.165) is 143 Å². The van der Waals surface area contributed by atoms with Gasteiger partial charge in [-0.3, -0.25) is 4.57 Å². The van der Waals surface area contributed by atoms with Crippen molar-refractivity contribution in [2.45, 2.75) is 0 Å². The van der Waals surface area contributed by atoms with Crippen molar-refractivity contribution in [2.75, 3.05) is 0 Å². The molecule has 0 amide bonds. The molecule has 0 aliphatic carbocycles. The Bertz CT molecular complexity index is 6690. The first-order chi connectivity index (χ1) is 49.6. The predicted molar refractivity (Wildman–Crippen MR) is 396 cm³/mol. The summed E-state index contributed by atoms with van der Waals surface area (Å²) in [6, 6.07) is 102. The normalized spacial score (nSPS) is 11.8. The van der Waals surface area contributed by atoms with Crippen LogP contribution in [0.15, 0.2) is 321 Å². The van der Waals surface area contributed by atoms with Crippen LogP contribution >= 0.6 is 0 Å². The highest BCUT2D eigenvalue weighted by Crippen LogP contribution is 2.44. The van der Waals surface area contributed by atoms with E-state index in [2.05, 4.69) is 124 Å². The standard InChI is InChI=1S/C46H27N5O2.C40H23N5O2/c1-3-13-28(14-4-1)43-48-44(29-25-26-38-35(27-29)31-17-7-9-22-37(31)51(38)30-15-5-2-6-16-30)50-45(49-43)33-19-12-24-40-41(33)32-18-11-20-34(42(32)52-40)46-47-36-21-8-10-23-39(36)53-46;1-2-12-24(13-3-1)37-42-38(44-40(43-37)45-31-20-7-4-14-25(31)26-15-5-8-21-32(26)45)28-17-11-23-34-35(28)27-16-10-18-29(36(27)46-34)39-41-30-19-6-9-22-33(30)47-39/h1-27H;1-23H. The zero-order valence-electron chi connectivity index (χ0n) is 53.0. The number of hydrogen-bond donors (Lipinski definition) is 0. The molecule has 8 aromatic heterocycles. The lowest BCUT2D eigenvalue weighted by atomic mass is 10.0. The zero-order chi connectivity index (χ0) is 65.8. The first-order valence-corrected chi connectivity index (χ1v) is 32.9. The summed E-state index contributed by atoms with van der Waals surface area (Å²) in [5.74, 6) is 4.44. The monoisotopic (exact) mass is 1290 g/mol. The lowest BCUT2D eigenvalue weighted by Gasteiger charge is -2.11. The maximum atomic E-state index is 6.58. The van der Waals surface area contributed by atoms with Gasteiger partial charge in [-0.2, -0.15) is 9.97 Å². The van der Waals surface area contributed by atoms with Gasteiger partial charge in [0.15, 0.2) is 40.3 Å². The van der Waals surface area contributed by atoms with Gasteiger partial charge < -0.3 is 22.2 Å². The molecule has 0 saturated heterocycles. The highest BCUT2D eigenvalue weighted by Gasteiger charge is 2.26. The van der Waals surface area contributed by atoms with E-state index in [9.17, 15) is 0 Å². The Morgan fingerprint density at radius 1 is 0.230 bits per heavy atom. The van der Waals surface area contributed by atoms with Gasteiger partial charge in [0.25, 0.3) is 0 Å². The van der Waals surface area contributed by atoms with E-state index < -0.39 is 0 Å². The van der Waals surface area contributed by atoms with Crippen molar-refractivity contribution in [1.29, 1.82) is 0 Å². The molecule has 13 aromatic carbocycles. The van der Waals surface area contributed by atoms with Gasteiger partial charge in [-0.05, 0) is 97.1 Å². The van der Waals surface area contributed by atoms with Crippen LogP contribution in [0.2, 0.25) is 0 Å². The smallest absolute Gasteiger partial charge is 0.238 e. The second kappa shape index (κ2) is 22.9. The number of oxazole rings is 2. The van der Waals surface area contributed by atoms with E-state index in [-0.39, 0.29) is 0 Å². The zero-order valence-corrected chi connectivity index (χ0v) is 53.0. The van der Waals surface area contributed by atoms with Crippen LogP contribution in [0.25, 0.3) is 201 Å². The minimum Gasteiger partial charge on any atom is -0.455 e.